The van der Waals surface area contributed by atoms with E-state index in [1.54, 1.807) is 48.8 Å². The summed E-state index contributed by atoms with van der Waals surface area (Å²) in [4.78, 5) is 29.6. The fourth-order valence-corrected chi connectivity index (χ4v) is 3.26. The first kappa shape index (κ1) is 17.9. The normalized spacial score (nSPS) is 16.9. The number of carbonyl (C=O) groups excluding carboxylic acids is 1. The van der Waals surface area contributed by atoms with Gasteiger partial charge in [0.1, 0.15) is 11.5 Å². The predicted octanol–water partition coefficient (Wildman–Crippen LogP) is 3.73. The van der Waals surface area contributed by atoms with Crippen LogP contribution in [0.3, 0.4) is 0 Å². The number of hydrogen-bond donors (Lipinski definition) is 1. The van der Waals surface area contributed by atoms with Gasteiger partial charge in [-0.1, -0.05) is 6.07 Å². The van der Waals surface area contributed by atoms with Crippen LogP contribution in [-0.2, 0) is 4.79 Å². The third-order valence-corrected chi connectivity index (χ3v) is 4.55. The smallest absolute Gasteiger partial charge is 0.303 e. The molecule has 1 saturated heterocycles. The molecule has 3 rings (SSSR count). The molecular weight excluding hydrogens is 332 g/mol. The van der Waals surface area contributed by atoms with Gasteiger partial charge in [0.05, 0.1) is 0 Å². The highest BCUT2D eigenvalue weighted by molar-refractivity contribution is 5.95. The second-order valence-corrected chi connectivity index (χ2v) is 6.39. The summed E-state index contributed by atoms with van der Waals surface area (Å²) >= 11 is 0. The monoisotopic (exact) mass is 354 g/mol. The van der Waals surface area contributed by atoms with E-state index in [9.17, 15) is 9.59 Å². The molecule has 1 unspecified atom stereocenters. The van der Waals surface area contributed by atoms with Crippen molar-refractivity contribution in [1.29, 1.82) is 0 Å². The Balaban J connectivity index is 1.73. The topological polar surface area (TPSA) is 79.7 Å². The van der Waals surface area contributed by atoms with Gasteiger partial charge in [-0.25, -0.2) is 0 Å². The Morgan fingerprint density at radius 3 is 2.73 bits per heavy atom. The number of carbonyl (C=O) groups is 2. The highest BCUT2D eigenvalue weighted by Gasteiger charge is 2.28. The molecule has 1 N–H and O–H groups in total. The van der Waals surface area contributed by atoms with Crippen molar-refractivity contribution in [2.24, 2.45) is 0 Å². The molecule has 0 spiro atoms. The Labute approximate surface area is 152 Å². The molecule has 0 radical (unpaired) electrons. The second kappa shape index (κ2) is 8.47. The van der Waals surface area contributed by atoms with Crippen LogP contribution < -0.4 is 4.74 Å². The van der Waals surface area contributed by atoms with Crippen molar-refractivity contribution in [2.45, 2.75) is 38.1 Å². The number of pyridine rings is 1. The number of carboxylic acid groups (broad SMARTS) is 1. The molecule has 1 aromatic carbocycles. The quantitative estimate of drug-likeness (QED) is 0.855. The van der Waals surface area contributed by atoms with E-state index < -0.39 is 5.97 Å². The summed E-state index contributed by atoms with van der Waals surface area (Å²) in [6, 6.07) is 10.6. The minimum absolute atomic E-state index is 0.0166. The lowest BCUT2D eigenvalue weighted by molar-refractivity contribution is -0.137. The van der Waals surface area contributed by atoms with Gasteiger partial charge in [-0.2, -0.15) is 0 Å². The first-order valence-electron chi connectivity index (χ1n) is 8.84. The molecule has 1 aliphatic heterocycles. The first-order chi connectivity index (χ1) is 12.6. The average Bonchev–Trinajstić information content (AvgIpc) is 2.67. The summed E-state index contributed by atoms with van der Waals surface area (Å²) in [6.07, 6.45) is 6.69. The van der Waals surface area contributed by atoms with Crippen LogP contribution in [0, 0.1) is 0 Å². The van der Waals surface area contributed by atoms with Crippen LogP contribution in [0.1, 0.15) is 42.5 Å². The number of benzene rings is 1. The van der Waals surface area contributed by atoms with Crippen molar-refractivity contribution in [3.63, 3.8) is 0 Å². The third kappa shape index (κ3) is 4.59. The molecule has 0 saturated carbocycles. The van der Waals surface area contributed by atoms with Crippen molar-refractivity contribution in [1.82, 2.24) is 9.88 Å². The lowest BCUT2D eigenvalue weighted by Gasteiger charge is -2.35. The van der Waals surface area contributed by atoms with Crippen LogP contribution in [0.4, 0.5) is 0 Å². The lowest BCUT2D eigenvalue weighted by atomic mass is 9.97. The molecule has 136 valence electrons. The zero-order valence-corrected chi connectivity index (χ0v) is 14.5. The number of amides is 1. The van der Waals surface area contributed by atoms with E-state index in [1.807, 2.05) is 4.90 Å². The maximum atomic E-state index is 13.0. The molecular formula is C20H22N2O4. The Morgan fingerprint density at radius 1 is 1.15 bits per heavy atom. The van der Waals surface area contributed by atoms with Crippen molar-refractivity contribution >= 4 is 11.9 Å². The van der Waals surface area contributed by atoms with Gasteiger partial charge in [0.25, 0.3) is 5.91 Å². The van der Waals surface area contributed by atoms with Crippen molar-refractivity contribution < 1.29 is 19.4 Å². The Hall–Kier alpha value is -2.89. The third-order valence-electron chi connectivity index (χ3n) is 4.55. The molecule has 1 amide bonds. The second-order valence-electron chi connectivity index (χ2n) is 6.39. The first-order valence-corrected chi connectivity index (χ1v) is 8.84. The summed E-state index contributed by atoms with van der Waals surface area (Å²) in [5, 5.41) is 8.94. The van der Waals surface area contributed by atoms with E-state index in [4.69, 9.17) is 9.84 Å². The molecule has 2 heterocycles. The fraction of sp³-hybridized carbons (Fsp3) is 0.350. The van der Waals surface area contributed by atoms with Crippen LogP contribution in [0.5, 0.6) is 11.5 Å². The Morgan fingerprint density at radius 2 is 1.96 bits per heavy atom. The van der Waals surface area contributed by atoms with E-state index in [0.717, 1.165) is 19.3 Å². The van der Waals surface area contributed by atoms with Crippen LogP contribution in [0.15, 0.2) is 48.8 Å². The average molecular weight is 354 g/mol. The van der Waals surface area contributed by atoms with E-state index in [1.165, 1.54) is 0 Å². The number of aliphatic carboxylic acids is 1. The summed E-state index contributed by atoms with van der Waals surface area (Å²) in [7, 11) is 0. The standard InChI is InChI=1S/C20H22N2O4/c23-19(24)8-7-16-5-1-2-13-22(16)20(25)15-4-3-6-18(14-15)26-17-9-11-21-12-10-17/h3-4,6,9-12,14,16H,1-2,5,7-8,13H2,(H,23,24). The number of likely N-dealkylation sites (tertiary alicyclic amines) is 1. The molecule has 6 nitrogen and oxygen atoms in total. The number of carboxylic acids is 1. The van der Waals surface area contributed by atoms with Crippen molar-refractivity contribution in [3.05, 3.63) is 54.4 Å². The van der Waals surface area contributed by atoms with Crippen LogP contribution >= 0.6 is 0 Å². The molecule has 1 aliphatic rings. The summed E-state index contributed by atoms with van der Waals surface area (Å²) in [5.74, 6) is 0.346. The molecule has 1 atom stereocenters. The van der Waals surface area contributed by atoms with Gasteiger partial charge in [0, 0.05) is 37.0 Å². The zero-order chi connectivity index (χ0) is 18.4. The number of ether oxygens (including phenoxy) is 1. The number of nitrogens with zero attached hydrogens (tertiary/aromatic N) is 2. The van der Waals surface area contributed by atoms with Crippen LogP contribution in [0.2, 0.25) is 0 Å². The molecule has 6 heteroatoms. The molecule has 0 aliphatic carbocycles. The highest BCUT2D eigenvalue weighted by atomic mass is 16.5. The van der Waals surface area contributed by atoms with Gasteiger partial charge in [-0.3, -0.25) is 14.6 Å². The van der Waals surface area contributed by atoms with E-state index in [0.29, 0.717) is 30.0 Å². The van der Waals surface area contributed by atoms with Gasteiger partial charge in [0.2, 0.25) is 0 Å². The predicted molar refractivity (Wildman–Crippen MR) is 96.3 cm³/mol. The SMILES string of the molecule is O=C(O)CCC1CCCCN1C(=O)c1cccc(Oc2ccncc2)c1. The van der Waals surface area contributed by atoms with Gasteiger partial charge < -0.3 is 14.7 Å². The Kier molecular flexibility index (Phi) is 5.84. The molecule has 0 bridgehead atoms. The van der Waals surface area contributed by atoms with Gasteiger partial charge in [-0.05, 0) is 56.0 Å². The largest absolute Gasteiger partial charge is 0.481 e. The molecule has 1 aromatic heterocycles. The van der Waals surface area contributed by atoms with Gasteiger partial charge in [-0.15, -0.1) is 0 Å². The fourth-order valence-electron chi connectivity index (χ4n) is 3.26. The maximum absolute atomic E-state index is 13.0. The number of rotatable bonds is 6. The highest BCUT2D eigenvalue weighted by Crippen LogP contribution is 2.26. The van der Waals surface area contributed by atoms with E-state index in [-0.39, 0.29) is 18.4 Å². The summed E-state index contributed by atoms with van der Waals surface area (Å²) < 4.78 is 5.77. The molecule has 2 aromatic rings. The summed E-state index contributed by atoms with van der Waals surface area (Å²) in [6.45, 7) is 0.665. The minimum atomic E-state index is -0.823. The lowest BCUT2D eigenvalue weighted by Crippen LogP contribution is -2.43. The van der Waals surface area contributed by atoms with Crippen LogP contribution in [-0.4, -0.2) is 39.5 Å². The van der Waals surface area contributed by atoms with Gasteiger partial charge >= 0.3 is 5.97 Å². The van der Waals surface area contributed by atoms with Gasteiger partial charge in [0.15, 0.2) is 0 Å². The zero-order valence-electron chi connectivity index (χ0n) is 14.5. The number of hydrogen-bond acceptors (Lipinski definition) is 4. The maximum Gasteiger partial charge on any atom is 0.303 e. The van der Waals surface area contributed by atoms with Crippen molar-refractivity contribution in [3.8, 4) is 11.5 Å². The Bertz CT molecular complexity index is 763. The molecule has 1 fully saturated rings. The summed E-state index contributed by atoms with van der Waals surface area (Å²) in [5.41, 5.74) is 0.554. The van der Waals surface area contributed by atoms with Crippen LogP contribution in [0.25, 0.3) is 0 Å². The number of aromatic nitrogens is 1. The molecule has 26 heavy (non-hydrogen) atoms. The minimum Gasteiger partial charge on any atom is -0.481 e. The number of piperidine rings is 1. The van der Waals surface area contributed by atoms with Crippen molar-refractivity contribution in [2.75, 3.05) is 6.54 Å². The van der Waals surface area contributed by atoms with E-state index >= 15 is 0 Å². The van der Waals surface area contributed by atoms with E-state index in [2.05, 4.69) is 4.98 Å².